The monoisotopic (exact) mass is 261 g/mol. The van der Waals surface area contributed by atoms with Crippen LogP contribution in [0, 0.1) is 5.41 Å². The van der Waals surface area contributed by atoms with Crippen LogP contribution in [0.15, 0.2) is 24.3 Å². The summed E-state index contributed by atoms with van der Waals surface area (Å²) >= 11 is 0. The summed E-state index contributed by atoms with van der Waals surface area (Å²) in [4.78, 5) is 0. The summed E-state index contributed by atoms with van der Waals surface area (Å²) in [6.45, 7) is 10.6. The predicted octanol–water partition coefficient (Wildman–Crippen LogP) is 3.71. The first kappa shape index (κ1) is 14.5. The van der Waals surface area contributed by atoms with Crippen molar-refractivity contribution < 1.29 is 4.74 Å². The van der Waals surface area contributed by atoms with Gasteiger partial charge in [-0.05, 0) is 43.2 Å². The van der Waals surface area contributed by atoms with Crippen LogP contribution < -0.4 is 5.32 Å². The lowest BCUT2D eigenvalue weighted by molar-refractivity contribution is 0.107. The van der Waals surface area contributed by atoms with Gasteiger partial charge in [0.15, 0.2) is 0 Å². The Morgan fingerprint density at radius 3 is 2.84 bits per heavy atom. The molecule has 0 radical (unpaired) electrons. The highest BCUT2D eigenvalue weighted by Crippen LogP contribution is 2.43. The van der Waals surface area contributed by atoms with E-state index < -0.39 is 0 Å². The summed E-state index contributed by atoms with van der Waals surface area (Å²) in [6, 6.07) is 9.66. The molecule has 1 aliphatic rings. The molecule has 19 heavy (non-hydrogen) atoms. The Bertz CT molecular complexity index is 413. The Morgan fingerprint density at radius 1 is 1.37 bits per heavy atom. The smallest absolute Gasteiger partial charge is 0.0616 e. The highest BCUT2D eigenvalue weighted by Gasteiger charge is 2.36. The summed E-state index contributed by atoms with van der Waals surface area (Å²) in [5.41, 5.74) is 3.28. The lowest BCUT2D eigenvalue weighted by Gasteiger charge is -2.42. The molecule has 0 fully saturated rings. The number of benzene rings is 1. The van der Waals surface area contributed by atoms with E-state index in [2.05, 4.69) is 50.4 Å². The number of nitrogens with one attached hydrogen (secondary N) is 1. The number of aryl methyl sites for hydroxylation is 1. The normalized spacial score (nSPS) is 22.8. The quantitative estimate of drug-likeness (QED) is 0.872. The Hall–Kier alpha value is -0.860. The molecule has 0 spiro atoms. The summed E-state index contributed by atoms with van der Waals surface area (Å²) < 4.78 is 5.53. The van der Waals surface area contributed by atoms with Gasteiger partial charge in [0.25, 0.3) is 0 Å². The fourth-order valence-corrected chi connectivity index (χ4v) is 3.01. The van der Waals surface area contributed by atoms with Crippen LogP contribution >= 0.6 is 0 Å². The second kappa shape index (κ2) is 6.06. The fourth-order valence-electron chi connectivity index (χ4n) is 3.01. The van der Waals surface area contributed by atoms with E-state index in [4.69, 9.17) is 4.74 Å². The predicted molar refractivity (Wildman–Crippen MR) is 80.4 cm³/mol. The van der Waals surface area contributed by atoms with E-state index in [1.165, 1.54) is 24.0 Å². The van der Waals surface area contributed by atoms with E-state index in [0.29, 0.717) is 17.5 Å². The van der Waals surface area contributed by atoms with Gasteiger partial charge in [0.1, 0.15) is 0 Å². The molecule has 0 aliphatic heterocycles. The van der Waals surface area contributed by atoms with Gasteiger partial charge in [-0.25, -0.2) is 0 Å². The SMILES string of the molecule is CCOCC(C)NC1c2ccccc2CCC1(C)C. The average molecular weight is 261 g/mol. The molecule has 0 saturated heterocycles. The molecule has 2 heteroatoms. The topological polar surface area (TPSA) is 21.3 Å². The van der Waals surface area contributed by atoms with Gasteiger partial charge < -0.3 is 10.1 Å². The van der Waals surface area contributed by atoms with Crippen molar-refractivity contribution in [3.63, 3.8) is 0 Å². The third-order valence-corrected chi connectivity index (χ3v) is 4.21. The van der Waals surface area contributed by atoms with Crippen molar-refractivity contribution in [2.45, 2.75) is 52.6 Å². The zero-order chi connectivity index (χ0) is 13.9. The Labute approximate surface area is 117 Å². The number of fused-ring (bicyclic) bond motifs is 1. The van der Waals surface area contributed by atoms with Gasteiger partial charge in [-0.3, -0.25) is 0 Å². The van der Waals surface area contributed by atoms with Crippen LogP contribution in [-0.2, 0) is 11.2 Å². The largest absolute Gasteiger partial charge is 0.380 e. The van der Waals surface area contributed by atoms with E-state index in [9.17, 15) is 0 Å². The second-order valence-corrected chi connectivity index (χ2v) is 6.35. The maximum absolute atomic E-state index is 5.53. The number of rotatable bonds is 5. The summed E-state index contributed by atoms with van der Waals surface area (Å²) in [6.07, 6.45) is 2.43. The summed E-state index contributed by atoms with van der Waals surface area (Å²) in [7, 11) is 0. The molecule has 0 aromatic heterocycles. The standard InChI is InChI=1S/C17H27NO/c1-5-19-12-13(2)18-16-15-9-7-6-8-14(15)10-11-17(16,3)4/h6-9,13,16,18H,5,10-12H2,1-4H3. The van der Waals surface area contributed by atoms with E-state index in [0.717, 1.165) is 13.2 Å². The molecular weight excluding hydrogens is 234 g/mol. The molecule has 2 unspecified atom stereocenters. The van der Waals surface area contributed by atoms with Crippen molar-refractivity contribution in [2.24, 2.45) is 5.41 Å². The van der Waals surface area contributed by atoms with Crippen LogP contribution in [0.3, 0.4) is 0 Å². The molecule has 1 N–H and O–H groups in total. The molecule has 0 bridgehead atoms. The van der Waals surface area contributed by atoms with Crippen molar-refractivity contribution in [1.82, 2.24) is 5.32 Å². The van der Waals surface area contributed by atoms with Crippen LogP contribution in [-0.4, -0.2) is 19.3 Å². The first-order chi connectivity index (χ1) is 9.04. The third-order valence-electron chi connectivity index (χ3n) is 4.21. The molecule has 106 valence electrons. The van der Waals surface area contributed by atoms with Gasteiger partial charge in [-0.15, -0.1) is 0 Å². The van der Waals surface area contributed by atoms with Crippen LogP contribution in [0.4, 0.5) is 0 Å². The van der Waals surface area contributed by atoms with Crippen LogP contribution in [0.25, 0.3) is 0 Å². The van der Waals surface area contributed by atoms with Gasteiger partial charge >= 0.3 is 0 Å². The first-order valence-electron chi connectivity index (χ1n) is 7.46. The van der Waals surface area contributed by atoms with E-state index >= 15 is 0 Å². The molecule has 0 saturated carbocycles. The lowest BCUT2D eigenvalue weighted by Crippen LogP contribution is -2.43. The maximum atomic E-state index is 5.53. The molecule has 1 aromatic carbocycles. The number of ether oxygens (including phenoxy) is 1. The molecule has 1 aliphatic carbocycles. The minimum atomic E-state index is 0.300. The first-order valence-corrected chi connectivity index (χ1v) is 7.46. The van der Waals surface area contributed by atoms with Crippen molar-refractivity contribution in [3.8, 4) is 0 Å². The third kappa shape index (κ3) is 3.37. The molecule has 0 amide bonds. The lowest BCUT2D eigenvalue weighted by atomic mass is 9.70. The maximum Gasteiger partial charge on any atom is 0.0616 e. The van der Waals surface area contributed by atoms with Crippen LogP contribution in [0.5, 0.6) is 0 Å². The van der Waals surface area contributed by atoms with Crippen LogP contribution in [0.1, 0.15) is 51.3 Å². The molecular formula is C17H27NO. The highest BCUT2D eigenvalue weighted by molar-refractivity contribution is 5.34. The van der Waals surface area contributed by atoms with Crippen LogP contribution in [0.2, 0.25) is 0 Å². The second-order valence-electron chi connectivity index (χ2n) is 6.35. The van der Waals surface area contributed by atoms with Crippen molar-refractivity contribution in [1.29, 1.82) is 0 Å². The summed E-state index contributed by atoms with van der Waals surface area (Å²) in [5, 5.41) is 3.78. The van der Waals surface area contributed by atoms with Gasteiger partial charge in [-0.1, -0.05) is 38.1 Å². The zero-order valence-electron chi connectivity index (χ0n) is 12.7. The minimum Gasteiger partial charge on any atom is -0.380 e. The fraction of sp³-hybridized carbons (Fsp3) is 0.647. The minimum absolute atomic E-state index is 0.300. The van der Waals surface area contributed by atoms with Crippen molar-refractivity contribution in [2.75, 3.05) is 13.2 Å². The Kier molecular flexibility index (Phi) is 4.64. The van der Waals surface area contributed by atoms with Crippen molar-refractivity contribution >= 4 is 0 Å². The molecule has 2 atom stereocenters. The molecule has 2 nitrogen and oxygen atoms in total. The van der Waals surface area contributed by atoms with E-state index in [1.807, 2.05) is 6.92 Å². The van der Waals surface area contributed by atoms with Gasteiger partial charge in [0.2, 0.25) is 0 Å². The summed E-state index contributed by atoms with van der Waals surface area (Å²) in [5.74, 6) is 0. The van der Waals surface area contributed by atoms with Gasteiger partial charge in [0.05, 0.1) is 6.61 Å². The Balaban J connectivity index is 2.16. The van der Waals surface area contributed by atoms with E-state index in [-0.39, 0.29) is 0 Å². The number of hydrogen-bond donors (Lipinski definition) is 1. The Morgan fingerprint density at radius 2 is 2.11 bits per heavy atom. The molecule has 2 rings (SSSR count). The highest BCUT2D eigenvalue weighted by atomic mass is 16.5. The molecule has 0 heterocycles. The average Bonchev–Trinajstić information content (AvgIpc) is 2.40. The van der Waals surface area contributed by atoms with Crippen molar-refractivity contribution in [3.05, 3.63) is 35.4 Å². The number of hydrogen-bond acceptors (Lipinski definition) is 2. The molecule has 1 aromatic rings. The van der Waals surface area contributed by atoms with E-state index in [1.54, 1.807) is 0 Å². The zero-order valence-corrected chi connectivity index (χ0v) is 12.7. The van der Waals surface area contributed by atoms with Gasteiger partial charge in [0, 0.05) is 18.7 Å². The van der Waals surface area contributed by atoms with Gasteiger partial charge in [-0.2, -0.15) is 0 Å².